The molecule has 238 valence electrons. The standard InChI is InChI=1S/C36H54N2O5/c1-24(39)28-14-15-29-27-13-12-26-20-34(4,18-19-35(26,5)30(27)16-17-36(28,29)6)43-31(40)21-38-33(2,3)23-37-32(41)42-22-25-10-8-7-9-11-25/h7-11,26-30,38H,12-23H2,1-6H3,(H,37,41)/t26-,27-,28+,29-,30-,34+,35-,36+/m0/s1. The molecule has 0 bridgehead atoms. The predicted molar refractivity (Wildman–Crippen MR) is 167 cm³/mol. The molecule has 0 saturated heterocycles. The molecule has 1 aromatic carbocycles. The minimum absolute atomic E-state index is 0.0908. The molecule has 0 radical (unpaired) electrons. The van der Waals surface area contributed by atoms with Crippen molar-refractivity contribution in [1.82, 2.24) is 10.6 Å². The average Bonchev–Trinajstić information content (AvgIpc) is 3.33. The summed E-state index contributed by atoms with van der Waals surface area (Å²) in [5, 5.41) is 6.06. The average molecular weight is 595 g/mol. The van der Waals surface area contributed by atoms with Crippen LogP contribution in [-0.4, -0.2) is 42.1 Å². The first-order valence-electron chi connectivity index (χ1n) is 16.7. The lowest BCUT2D eigenvalue weighted by molar-refractivity contribution is -0.180. The second-order valence-electron chi connectivity index (χ2n) is 15.7. The molecule has 1 aromatic rings. The summed E-state index contributed by atoms with van der Waals surface area (Å²) in [7, 11) is 0. The number of alkyl carbamates (subject to hydrolysis) is 1. The van der Waals surface area contributed by atoms with E-state index in [1.807, 2.05) is 51.1 Å². The summed E-state index contributed by atoms with van der Waals surface area (Å²) in [6.07, 6.45) is 9.57. The molecule has 0 aromatic heterocycles. The Morgan fingerprint density at radius 2 is 1.63 bits per heavy atom. The van der Waals surface area contributed by atoms with Crippen molar-refractivity contribution in [2.75, 3.05) is 13.1 Å². The summed E-state index contributed by atoms with van der Waals surface area (Å²) in [5.74, 6) is 3.09. The number of ether oxygens (including phenoxy) is 2. The summed E-state index contributed by atoms with van der Waals surface area (Å²) in [6.45, 7) is 13.4. The van der Waals surface area contributed by atoms with E-state index in [1.54, 1.807) is 0 Å². The number of carbonyl (C=O) groups excluding carboxylic acids is 3. The molecule has 4 saturated carbocycles. The lowest BCUT2D eigenvalue weighted by Gasteiger charge is -2.62. The van der Waals surface area contributed by atoms with Crippen LogP contribution in [0, 0.1) is 40.4 Å². The summed E-state index contributed by atoms with van der Waals surface area (Å²) in [4.78, 5) is 37.7. The van der Waals surface area contributed by atoms with Gasteiger partial charge in [0.15, 0.2) is 0 Å². The zero-order valence-electron chi connectivity index (χ0n) is 27.3. The summed E-state index contributed by atoms with van der Waals surface area (Å²) in [6, 6.07) is 9.57. The van der Waals surface area contributed by atoms with E-state index in [2.05, 4.69) is 31.4 Å². The first-order valence-corrected chi connectivity index (χ1v) is 16.7. The maximum absolute atomic E-state index is 13.1. The van der Waals surface area contributed by atoms with Gasteiger partial charge in [0.1, 0.15) is 18.0 Å². The molecular weight excluding hydrogens is 540 g/mol. The molecular formula is C36H54N2O5. The van der Waals surface area contributed by atoms with Gasteiger partial charge >= 0.3 is 12.1 Å². The fourth-order valence-electron chi connectivity index (χ4n) is 9.93. The number of Topliss-reactive ketones (excluding diaryl/α,β-unsaturated/α-hetero) is 1. The largest absolute Gasteiger partial charge is 0.458 e. The van der Waals surface area contributed by atoms with Gasteiger partial charge in [-0.15, -0.1) is 0 Å². The van der Waals surface area contributed by atoms with E-state index >= 15 is 0 Å². The van der Waals surface area contributed by atoms with Gasteiger partial charge in [0.25, 0.3) is 0 Å². The maximum atomic E-state index is 13.1. The molecule has 7 heteroatoms. The fraction of sp³-hybridized carbons (Fsp3) is 0.750. The molecule has 8 atom stereocenters. The Hall–Kier alpha value is -2.41. The van der Waals surface area contributed by atoms with E-state index in [1.165, 1.54) is 32.1 Å². The molecule has 0 unspecified atom stereocenters. The van der Waals surface area contributed by atoms with E-state index in [0.29, 0.717) is 30.1 Å². The van der Waals surface area contributed by atoms with E-state index in [-0.39, 0.29) is 35.9 Å². The van der Waals surface area contributed by atoms with Gasteiger partial charge < -0.3 is 20.1 Å². The molecule has 4 aliphatic carbocycles. The van der Waals surface area contributed by atoms with Gasteiger partial charge in [0.2, 0.25) is 0 Å². The fourth-order valence-corrected chi connectivity index (χ4v) is 9.93. The highest BCUT2D eigenvalue weighted by Gasteiger charge is 2.61. The van der Waals surface area contributed by atoms with Crippen molar-refractivity contribution in [3.63, 3.8) is 0 Å². The first kappa shape index (κ1) is 32.0. The third kappa shape index (κ3) is 6.67. The van der Waals surface area contributed by atoms with Crippen molar-refractivity contribution in [3.8, 4) is 0 Å². The number of amides is 1. The maximum Gasteiger partial charge on any atom is 0.407 e. The van der Waals surface area contributed by atoms with Crippen molar-refractivity contribution in [2.45, 2.75) is 117 Å². The van der Waals surface area contributed by atoms with Gasteiger partial charge in [-0.05, 0) is 126 Å². The van der Waals surface area contributed by atoms with E-state index in [0.717, 1.165) is 37.2 Å². The molecule has 0 aliphatic heterocycles. The van der Waals surface area contributed by atoms with E-state index < -0.39 is 17.2 Å². The number of nitrogens with one attached hydrogen (secondary N) is 2. The second-order valence-corrected chi connectivity index (χ2v) is 15.7. The number of ketones is 1. The van der Waals surface area contributed by atoms with Crippen molar-refractivity contribution in [2.24, 2.45) is 40.4 Å². The Bertz CT molecular complexity index is 1190. The Morgan fingerprint density at radius 3 is 2.35 bits per heavy atom. The van der Waals surface area contributed by atoms with E-state index in [4.69, 9.17) is 9.47 Å². The van der Waals surface area contributed by atoms with Crippen molar-refractivity contribution < 1.29 is 23.9 Å². The Labute approximate surface area is 258 Å². The molecule has 43 heavy (non-hydrogen) atoms. The zero-order chi connectivity index (χ0) is 31.0. The Kier molecular flexibility index (Phi) is 9.06. The molecule has 0 heterocycles. The number of fused-ring (bicyclic) bond motifs is 5. The minimum atomic E-state index is -0.508. The number of hydrogen-bond donors (Lipinski definition) is 2. The van der Waals surface area contributed by atoms with Crippen molar-refractivity contribution >= 4 is 17.8 Å². The van der Waals surface area contributed by atoms with Crippen LogP contribution in [0.15, 0.2) is 30.3 Å². The van der Waals surface area contributed by atoms with Gasteiger partial charge in [-0.25, -0.2) is 4.79 Å². The van der Waals surface area contributed by atoms with Crippen LogP contribution in [0.4, 0.5) is 4.79 Å². The van der Waals surface area contributed by atoms with E-state index in [9.17, 15) is 14.4 Å². The van der Waals surface area contributed by atoms with Gasteiger partial charge in [-0.1, -0.05) is 44.2 Å². The van der Waals surface area contributed by atoms with Crippen LogP contribution in [0.1, 0.15) is 105 Å². The van der Waals surface area contributed by atoms with Gasteiger partial charge in [0, 0.05) is 18.0 Å². The monoisotopic (exact) mass is 594 g/mol. The molecule has 0 spiro atoms. The third-order valence-electron chi connectivity index (χ3n) is 12.4. The molecule has 4 aliphatic rings. The number of esters is 1. The molecule has 1 amide bonds. The normalized spacial score (nSPS) is 36.9. The quantitative estimate of drug-likeness (QED) is 0.305. The SMILES string of the molecule is CC(=O)[C@H]1CC[C@H]2[C@@H]3CC[C@H]4C[C@](C)(OC(=O)CNC(C)(C)CNC(=O)OCc5ccccc5)CC[C@]4(C)[C@H]3CC[C@]12C. The molecule has 4 fully saturated rings. The molecule has 2 N–H and O–H groups in total. The number of rotatable bonds is 9. The summed E-state index contributed by atoms with van der Waals surface area (Å²) in [5.41, 5.74) is 0.446. The summed E-state index contributed by atoms with van der Waals surface area (Å²) < 4.78 is 11.5. The Morgan fingerprint density at radius 1 is 0.907 bits per heavy atom. The number of hydrogen-bond acceptors (Lipinski definition) is 6. The third-order valence-corrected chi connectivity index (χ3v) is 12.4. The lowest BCUT2D eigenvalue weighted by Crippen LogP contribution is -2.56. The predicted octanol–water partition coefficient (Wildman–Crippen LogP) is 6.83. The first-order chi connectivity index (χ1) is 20.2. The highest BCUT2D eigenvalue weighted by molar-refractivity contribution is 5.79. The highest BCUT2D eigenvalue weighted by atomic mass is 16.6. The lowest BCUT2D eigenvalue weighted by atomic mass is 9.44. The highest BCUT2D eigenvalue weighted by Crippen LogP contribution is 2.68. The topological polar surface area (TPSA) is 93.7 Å². The summed E-state index contributed by atoms with van der Waals surface area (Å²) >= 11 is 0. The van der Waals surface area contributed by atoms with Gasteiger partial charge in [0.05, 0.1) is 6.54 Å². The van der Waals surface area contributed by atoms with Crippen LogP contribution < -0.4 is 10.6 Å². The zero-order valence-corrected chi connectivity index (χ0v) is 27.3. The minimum Gasteiger partial charge on any atom is -0.458 e. The Balaban J connectivity index is 1.09. The van der Waals surface area contributed by atoms with Crippen molar-refractivity contribution in [1.29, 1.82) is 0 Å². The van der Waals surface area contributed by atoms with Crippen LogP contribution in [0.3, 0.4) is 0 Å². The molecule has 7 nitrogen and oxygen atoms in total. The van der Waals surface area contributed by atoms with Crippen LogP contribution in [-0.2, 0) is 25.7 Å². The molecule has 5 rings (SSSR count). The number of benzene rings is 1. The van der Waals surface area contributed by atoms with Crippen molar-refractivity contribution in [3.05, 3.63) is 35.9 Å². The smallest absolute Gasteiger partial charge is 0.407 e. The van der Waals surface area contributed by atoms with Crippen LogP contribution >= 0.6 is 0 Å². The van der Waals surface area contributed by atoms with Gasteiger partial charge in [-0.3, -0.25) is 9.59 Å². The van der Waals surface area contributed by atoms with Gasteiger partial charge in [-0.2, -0.15) is 0 Å². The van der Waals surface area contributed by atoms with Crippen LogP contribution in [0.2, 0.25) is 0 Å². The van der Waals surface area contributed by atoms with Crippen LogP contribution in [0.25, 0.3) is 0 Å². The van der Waals surface area contributed by atoms with Crippen LogP contribution in [0.5, 0.6) is 0 Å². The number of carbonyl (C=O) groups is 3. The second kappa shape index (κ2) is 12.2.